The van der Waals surface area contributed by atoms with Crippen LogP contribution in [0, 0.1) is 6.92 Å². The van der Waals surface area contributed by atoms with Gasteiger partial charge in [0.05, 0.1) is 19.8 Å². The van der Waals surface area contributed by atoms with E-state index in [1.165, 1.54) is 38.1 Å². The van der Waals surface area contributed by atoms with E-state index in [4.69, 9.17) is 0 Å². The molecule has 1 amide bonds. The van der Waals surface area contributed by atoms with Crippen molar-refractivity contribution in [3.63, 3.8) is 0 Å². The Labute approximate surface area is 165 Å². The molecule has 0 saturated carbocycles. The highest BCUT2D eigenvalue weighted by molar-refractivity contribution is 7.94. The Hall–Kier alpha value is -2.92. The van der Waals surface area contributed by atoms with E-state index in [2.05, 4.69) is 19.5 Å². The number of carbonyl (C=O) groups is 3. The summed E-state index contributed by atoms with van der Waals surface area (Å²) >= 11 is 0.617. The number of esters is 2. The number of carbonyl (C=O) groups excluding carboxylic acids is 3. The second-order valence-corrected chi connectivity index (χ2v) is 8.46. The normalized spacial score (nSPS) is 10.9. The highest BCUT2D eigenvalue weighted by Gasteiger charge is 2.32. The first-order valence-corrected chi connectivity index (χ1v) is 10.1. The lowest BCUT2D eigenvalue weighted by atomic mass is 10.2. The van der Waals surface area contributed by atoms with Crippen molar-refractivity contribution in [3.8, 4) is 0 Å². The summed E-state index contributed by atoms with van der Waals surface area (Å²) in [6.45, 7) is 2.79. The van der Waals surface area contributed by atoms with E-state index < -0.39 is 22.0 Å². The van der Waals surface area contributed by atoms with Gasteiger partial charge in [0.25, 0.3) is 10.0 Å². The van der Waals surface area contributed by atoms with Crippen LogP contribution in [0.1, 0.15) is 32.5 Å². The van der Waals surface area contributed by atoms with Crippen LogP contribution >= 0.6 is 11.3 Å². The van der Waals surface area contributed by atoms with Crippen molar-refractivity contribution in [3.05, 3.63) is 40.3 Å². The van der Waals surface area contributed by atoms with Crippen LogP contribution in [0.2, 0.25) is 0 Å². The quantitative estimate of drug-likeness (QED) is 0.679. The summed E-state index contributed by atoms with van der Waals surface area (Å²) in [6, 6.07) is 5.92. The molecule has 1 aromatic carbocycles. The molecule has 1 aromatic heterocycles. The molecule has 0 fully saturated rings. The molecule has 11 heteroatoms. The minimum absolute atomic E-state index is 0.00992. The Morgan fingerprint density at radius 1 is 0.964 bits per heavy atom. The maximum absolute atomic E-state index is 12.9. The molecule has 0 atom stereocenters. The van der Waals surface area contributed by atoms with Crippen LogP contribution in [0.15, 0.2) is 28.5 Å². The van der Waals surface area contributed by atoms with Gasteiger partial charge in [0, 0.05) is 18.3 Å². The summed E-state index contributed by atoms with van der Waals surface area (Å²) in [5, 5.41) is 2.56. The molecule has 0 aliphatic heterocycles. The third-order valence-corrected chi connectivity index (χ3v) is 6.75. The molecule has 2 aromatic rings. The summed E-state index contributed by atoms with van der Waals surface area (Å²) in [6.07, 6.45) is 0. The number of sulfonamides is 1. The molecule has 0 radical (unpaired) electrons. The summed E-state index contributed by atoms with van der Waals surface area (Å²) in [7, 11) is -1.94. The number of hydrogen-bond donors (Lipinski definition) is 2. The second-order valence-electron chi connectivity index (χ2n) is 5.57. The molecule has 0 saturated heterocycles. The van der Waals surface area contributed by atoms with Crippen LogP contribution < -0.4 is 10.0 Å². The Balaban J connectivity index is 2.45. The standard InChI is InChI=1S/C17H18N2O7S2/c1-9-13(15(21)25-3)17(27-14(9)16(22)26-4)28(23,24)19-12-7-5-11(6-8-12)18-10(2)20/h5-8,19H,1-4H3,(H,18,20). The van der Waals surface area contributed by atoms with Crippen LogP contribution in [0.4, 0.5) is 11.4 Å². The van der Waals surface area contributed by atoms with E-state index >= 15 is 0 Å². The number of ether oxygens (including phenoxy) is 2. The summed E-state index contributed by atoms with van der Waals surface area (Å²) in [5.41, 5.74) is 0.626. The van der Waals surface area contributed by atoms with Crippen LogP contribution in [-0.2, 0) is 24.3 Å². The van der Waals surface area contributed by atoms with Crippen molar-refractivity contribution in [1.82, 2.24) is 0 Å². The molecule has 0 aliphatic rings. The SMILES string of the molecule is COC(=O)c1sc(S(=O)(=O)Nc2ccc(NC(C)=O)cc2)c(C(=O)OC)c1C. The third kappa shape index (κ3) is 4.49. The van der Waals surface area contributed by atoms with Gasteiger partial charge >= 0.3 is 11.9 Å². The number of hydrogen-bond acceptors (Lipinski definition) is 8. The monoisotopic (exact) mass is 426 g/mol. The smallest absolute Gasteiger partial charge is 0.348 e. The van der Waals surface area contributed by atoms with Gasteiger partial charge in [-0.2, -0.15) is 0 Å². The number of amides is 1. The molecule has 0 bridgehead atoms. The summed E-state index contributed by atoms with van der Waals surface area (Å²) in [5.74, 6) is -1.90. The highest BCUT2D eigenvalue weighted by Crippen LogP contribution is 2.34. The Bertz CT molecular complexity index is 1020. The second kappa shape index (κ2) is 8.40. The summed E-state index contributed by atoms with van der Waals surface area (Å²) in [4.78, 5) is 35.1. The van der Waals surface area contributed by atoms with Gasteiger partial charge in [-0.15, -0.1) is 11.3 Å². The molecule has 150 valence electrons. The zero-order valence-corrected chi connectivity index (χ0v) is 17.1. The van der Waals surface area contributed by atoms with Gasteiger partial charge in [0.15, 0.2) is 4.21 Å². The van der Waals surface area contributed by atoms with Crippen molar-refractivity contribution < 1.29 is 32.3 Å². The molecule has 28 heavy (non-hydrogen) atoms. The van der Waals surface area contributed by atoms with Crippen molar-refractivity contribution in [2.45, 2.75) is 18.1 Å². The van der Waals surface area contributed by atoms with Gasteiger partial charge in [0.2, 0.25) is 5.91 Å². The van der Waals surface area contributed by atoms with Crippen LogP contribution in [-0.4, -0.2) is 40.5 Å². The summed E-state index contributed by atoms with van der Waals surface area (Å²) < 4.78 is 37.0. The average molecular weight is 426 g/mol. The largest absolute Gasteiger partial charge is 0.465 e. The molecule has 0 unspecified atom stereocenters. The third-order valence-electron chi connectivity index (χ3n) is 3.58. The van der Waals surface area contributed by atoms with Crippen molar-refractivity contribution in [2.75, 3.05) is 24.3 Å². The number of thiophene rings is 1. The molecule has 0 aliphatic carbocycles. The van der Waals surface area contributed by atoms with Crippen LogP contribution in [0.25, 0.3) is 0 Å². The van der Waals surface area contributed by atoms with E-state index in [0.29, 0.717) is 17.0 Å². The maximum atomic E-state index is 12.9. The zero-order chi connectivity index (χ0) is 21.1. The Kier molecular flexibility index (Phi) is 6.41. The van der Waals surface area contributed by atoms with Gasteiger partial charge in [-0.3, -0.25) is 9.52 Å². The lowest BCUT2D eigenvalue weighted by molar-refractivity contribution is -0.114. The van der Waals surface area contributed by atoms with Gasteiger partial charge in [-0.05, 0) is 36.8 Å². The molecule has 1 heterocycles. The predicted octanol–water partition coefficient (Wildman–Crippen LogP) is 2.39. The van der Waals surface area contributed by atoms with Gasteiger partial charge in [-0.25, -0.2) is 18.0 Å². The van der Waals surface area contributed by atoms with E-state index in [1.807, 2.05) is 0 Å². The maximum Gasteiger partial charge on any atom is 0.348 e. The van der Waals surface area contributed by atoms with Crippen LogP contribution in [0.5, 0.6) is 0 Å². The first kappa shape index (κ1) is 21.4. The minimum Gasteiger partial charge on any atom is -0.465 e. The molecule has 0 spiro atoms. The van der Waals surface area contributed by atoms with Crippen molar-refractivity contribution in [1.29, 1.82) is 0 Å². The number of methoxy groups -OCH3 is 2. The fourth-order valence-electron chi connectivity index (χ4n) is 2.33. The number of anilines is 2. The zero-order valence-electron chi connectivity index (χ0n) is 15.5. The van der Waals surface area contributed by atoms with Gasteiger partial charge < -0.3 is 14.8 Å². The number of benzene rings is 1. The van der Waals surface area contributed by atoms with Crippen molar-refractivity contribution >= 4 is 50.6 Å². The first-order valence-electron chi connectivity index (χ1n) is 7.81. The molecule has 2 rings (SSSR count). The first-order chi connectivity index (χ1) is 13.1. The molecular weight excluding hydrogens is 408 g/mol. The van der Waals surface area contributed by atoms with E-state index in [1.54, 1.807) is 0 Å². The van der Waals surface area contributed by atoms with Gasteiger partial charge in [-0.1, -0.05) is 0 Å². The van der Waals surface area contributed by atoms with E-state index in [0.717, 1.165) is 14.2 Å². The number of rotatable bonds is 6. The van der Waals surface area contributed by atoms with Crippen LogP contribution in [0.3, 0.4) is 0 Å². The lowest BCUT2D eigenvalue weighted by Crippen LogP contribution is -2.16. The predicted molar refractivity (Wildman–Crippen MR) is 103 cm³/mol. The highest BCUT2D eigenvalue weighted by atomic mass is 32.2. The fraction of sp³-hybridized carbons (Fsp3) is 0.235. The van der Waals surface area contributed by atoms with E-state index in [-0.39, 0.29) is 31.8 Å². The lowest BCUT2D eigenvalue weighted by Gasteiger charge is -2.09. The Morgan fingerprint density at radius 3 is 2.00 bits per heavy atom. The Morgan fingerprint density at radius 2 is 1.50 bits per heavy atom. The molecule has 9 nitrogen and oxygen atoms in total. The van der Waals surface area contributed by atoms with Crippen molar-refractivity contribution in [2.24, 2.45) is 0 Å². The molecular formula is C17H18N2O7S2. The average Bonchev–Trinajstić information content (AvgIpc) is 2.99. The minimum atomic E-state index is -4.21. The fourth-order valence-corrected chi connectivity index (χ4v) is 5.13. The number of nitrogens with one attached hydrogen (secondary N) is 2. The topological polar surface area (TPSA) is 128 Å². The van der Waals surface area contributed by atoms with E-state index in [9.17, 15) is 22.8 Å². The molecule has 2 N–H and O–H groups in total. The van der Waals surface area contributed by atoms with Gasteiger partial charge in [0.1, 0.15) is 4.88 Å².